The third kappa shape index (κ3) is 4.33. The quantitative estimate of drug-likeness (QED) is 0.506. The van der Waals surface area contributed by atoms with Crippen molar-refractivity contribution in [1.82, 2.24) is 9.88 Å². The zero-order valence-electron chi connectivity index (χ0n) is 15.9. The van der Waals surface area contributed by atoms with Crippen molar-refractivity contribution in [1.29, 1.82) is 0 Å². The van der Waals surface area contributed by atoms with Gasteiger partial charge in [-0.05, 0) is 18.6 Å². The number of nitro groups is 1. The van der Waals surface area contributed by atoms with Crippen molar-refractivity contribution in [3.05, 3.63) is 85.9 Å². The van der Waals surface area contributed by atoms with Crippen molar-refractivity contribution in [3.63, 3.8) is 0 Å². The number of anilines is 1. The molecule has 1 aromatic heterocycles. The molecular formula is C21H20N4O3S. The second-order valence-corrected chi connectivity index (χ2v) is 8.13. The summed E-state index contributed by atoms with van der Waals surface area (Å²) in [5.41, 5.74) is 3.00. The maximum Gasteiger partial charge on any atom is 0.273 e. The molecule has 0 saturated heterocycles. The van der Waals surface area contributed by atoms with Crippen LogP contribution in [-0.2, 0) is 19.5 Å². The van der Waals surface area contributed by atoms with Crippen LogP contribution < -0.4 is 5.32 Å². The van der Waals surface area contributed by atoms with Crippen LogP contribution >= 0.6 is 11.3 Å². The highest BCUT2D eigenvalue weighted by molar-refractivity contribution is 7.15. The van der Waals surface area contributed by atoms with Gasteiger partial charge in [0.1, 0.15) is 0 Å². The van der Waals surface area contributed by atoms with Crippen molar-refractivity contribution < 1.29 is 9.72 Å². The Morgan fingerprint density at radius 3 is 2.83 bits per heavy atom. The minimum atomic E-state index is -0.477. The predicted octanol–water partition coefficient (Wildman–Crippen LogP) is 4.17. The predicted molar refractivity (Wildman–Crippen MR) is 112 cm³/mol. The Labute approximate surface area is 172 Å². The van der Waals surface area contributed by atoms with Crippen molar-refractivity contribution in [2.75, 3.05) is 11.9 Å². The fourth-order valence-electron chi connectivity index (χ4n) is 3.40. The normalized spacial score (nSPS) is 13.7. The summed E-state index contributed by atoms with van der Waals surface area (Å²) in [5.74, 6) is -0.389. The molecule has 0 saturated carbocycles. The van der Waals surface area contributed by atoms with Gasteiger partial charge in [0.2, 0.25) is 0 Å². The zero-order chi connectivity index (χ0) is 20.4. The highest BCUT2D eigenvalue weighted by atomic mass is 32.1. The molecule has 148 valence electrons. The number of nitrogens with zero attached hydrogens (tertiary/aromatic N) is 3. The van der Waals surface area contributed by atoms with E-state index >= 15 is 0 Å². The SMILES string of the molecule is Cc1ccc(C(=O)Nc2nc3c(s2)CN(Cc2ccccc2)CC3)cc1[N+](=O)[O-]. The van der Waals surface area contributed by atoms with E-state index in [1.54, 1.807) is 19.1 Å². The number of nitro benzene ring substituents is 1. The standard InChI is InChI=1S/C21H20N4O3S/c1-14-7-8-16(11-18(14)25(27)28)20(26)23-21-22-17-9-10-24(13-19(17)29-21)12-15-5-3-2-4-6-15/h2-8,11H,9-10,12-13H2,1H3,(H,22,23,26). The fraction of sp³-hybridized carbons (Fsp3) is 0.238. The van der Waals surface area contributed by atoms with E-state index in [0.717, 1.165) is 36.6 Å². The summed E-state index contributed by atoms with van der Waals surface area (Å²) in [5, 5.41) is 14.4. The molecule has 0 unspecified atom stereocenters. The summed E-state index contributed by atoms with van der Waals surface area (Å²) >= 11 is 1.47. The van der Waals surface area contributed by atoms with Gasteiger partial charge in [-0.3, -0.25) is 25.1 Å². The van der Waals surface area contributed by atoms with Crippen LogP contribution in [0, 0.1) is 17.0 Å². The number of aryl methyl sites for hydroxylation is 1. The smallest absolute Gasteiger partial charge is 0.273 e. The number of nitrogens with one attached hydrogen (secondary N) is 1. The first-order valence-electron chi connectivity index (χ1n) is 9.31. The number of amides is 1. The zero-order valence-corrected chi connectivity index (χ0v) is 16.7. The van der Waals surface area contributed by atoms with Gasteiger partial charge in [0.25, 0.3) is 11.6 Å². The van der Waals surface area contributed by atoms with E-state index in [1.807, 2.05) is 18.2 Å². The average Bonchev–Trinajstić information content (AvgIpc) is 3.10. The van der Waals surface area contributed by atoms with E-state index in [4.69, 9.17) is 0 Å². The number of rotatable bonds is 5. The maximum absolute atomic E-state index is 12.5. The summed E-state index contributed by atoms with van der Waals surface area (Å²) in [4.78, 5) is 31.2. The van der Waals surface area contributed by atoms with Crippen LogP contribution in [-0.4, -0.2) is 27.3 Å². The molecule has 1 amide bonds. The lowest BCUT2D eigenvalue weighted by Crippen LogP contribution is -2.29. The second-order valence-electron chi connectivity index (χ2n) is 7.05. The molecule has 0 spiro atoms. The number of hydrogen-bond donors (Lipinski definition) is 1. The van der Waals surface area contributed by atoms with E-state index < -0.39 is 4.92 Å². The molecule has 2 aromatic carbocycles. The Kier molecular flexibility index (Phi) is 5.37. The van der Waals surface area contributed by atoms with Gasteiger partial charge in [-0.2, -0.15) is 0 Å². The number of hydrogen-bond acceptors (Lipinski definition) is 6. The molecule has 0 fully saturated rings. The maximum atomic E-state index is 12.5. The summed E-state index contributed by atoms with van der Waals surface area (Å²) in [6.07, 6.45) is 0.838. The Hall–Kier alpha value is -3.10. The van der Waals surface area contributed by atoms with Gasteiger partial charge in [0, 0.05) is 48.1 Å². The molecular weight excluding hydrogens is 388 g/mol. The Morgan fingerprint density at radius 2 is 2.07 bits per heavy atom. The molecule has 0 atom stereocenters. The fourth-order valence-corrected chi connectivity index (χ4v) is 4.44. The van der Waals surface area contributed by atoms with Crippen LogP contribution in [0.15, 0.2) is 48.5 Å². The molecule has 7 nitrogen and oxygen atoms in total. The average molecular weight is 408 g/mol. The third-order valence-electron chi connectivity index (χ3n) is 4.95. The molecule has 2 heterocycles. The van der Waals surface area contributed by atoms with E-state index in [9.17, 15) is 14.9 Å². The lowest BCUT2D eigenvalue weighted by Gasteiger charge is -2.25. The van der Waals surface area contributed by atoms with Crippen molar-refractivity contribution in [3.8, 4) is 0 Å². The van der Waals surface area contributed by atoms with E-state index in [-0.39, 0.29) is 17.2 Å². The summed E-state index contributed by atoms with van der Waals surface area (Å²) in [6.45, 7) is 4.25. The monoisotopic (exact) mass is 408 g/mol. The van der Waals surface area contributed by atoms with Gasteiger partial charge in [0.05, 0.1) is 10.6 Å². The van der Waals surface area contributed by atoms with Crippen molar-refractivity contribution in [2.45, 2.75) is 26.4 Å². The molecule has 1 aliphatic heterocycles. The molecule has 0 radical (unpaired) electrons. The van der Waals surface area contributed by atoms with Gasteiger partial charge in [-0.15, -0.1) is 11.3 Å². The number of fused-ring (bicyclic) bond motifs is 1. The third-order valence-corrected chi connectivity index (χ3v) is 5.95. The van der Waals surface area contributed by atoms with E-state index in [1.165, 1.54) is 23.0 Å². The number of carbonyl (C=O) groups is 1. The van der Waals surface area contributed by atoms with Gasteiger partial charge in [-0.1, -0.05) is 36.4 Å². The van der Waals surface area contributed by atoms with E-state index in [0.29, 0.717) is 10.7 Å². The van der Waals surface area contributed by atoms with Crippen molar-refractivity contribution >= 4 is 28.1 Å². The van der Waals surface area contributed by atoms with Crippen LogP contribution in [0.1, 0.15) is 32.1 Å². The first kappa shape index (κ1) is 19.2. The minimum absolute atomic E-state index is 0.0624. The number of benzene rings is 2. The summed E-state index contributed by atoms with van der Waals surface area (Å²) < 4.78 is 0. The summed E-state index contributed by atoms with van der Waals surface area (Å²) in [7, 11) is 0. The minimum Gasteiger partial charge on any atom is -0.298 e. The van der Waals surface area contributed by atoms with Gasteiger partial charge in [-0.25, -0.2) is 4.98 Å². The van der Waals surface area contributed by atoms with Crippen LogP contribution in [0.4, 0.5) is 10.8 Å². The first-order valence-corrected chi connectivity index (χ1v) is 10.1. The van der Waals surface area contributed by atoms with Gasteiger partial charge in [0.15, 0.2) is 5.13 Å². The topological polar surface area (TPSA) is 88.4 Å². The number of thiazole rings is 1. The van der Waals surface area contributed by atoms with Crippen LogP contribution in [0.3, 0.4) is 0 Å². The Balaban J connectivity index is 1.45. The summed E-state index contributed by atoms with van der Waals surface area (Å²) in [6, 6.07) is 14.8. The van der Waals surface area contributed by atoms with E-state index in [2.05, 4.69) is 27.3 Å². The lowest BCUT2D eigenvalue weighted by atomic mass is 10.1. The highest BCUT2D eigenvalue weighted by Gasteiger charge is 2.22. The number of aromatic nitrogens is 1. The molecule has 1 aliphatic rings. The second kappa shape index (κ2) is 8.10. The molecule has 1 N–H and O–H groups in total. The molecule has 0 bridgehead atoms. The molecule has 0 aliphatic carbocycles. The highest BCUT2D eigenvalue weighted by Crippen LogP contribution is 2.29. The van der Waals surface area contributed by atoms with Crippen LogP contribution in [0.25, 0.3) is 0 Å². The Morgan fingerprint density at radius 1 is 1.28 bits per heavy atom. The molecule has 3 aromatic rings. The molecule has 4 rings (SSSR count). The van der Waals surface area contributed by atoms with Crippen LogP contribution in [0.2, 0.25) is 0 Å². The van der Waals surface area contributed by atoms with Gasteiger partial charge >= 0.3 is 0 Å². The molecule has 8 heteroatoms. The van der Waals surface area contributed by atoms with Crippen molar-refractivity contribution in [2.24, 2.45) is 0 Å². The largest absolute Gasteiger partial charge is 0.298 e. The van der Waals surface area contributed by atoms with Crippen LogP contribution in [0.5, 0.6) is 0 Å². The first-order chi connectivity index (χ1) is 14.0. The lowest BCUT2D eigenvalue weighted by molar-refractivity contribution is -0.385. The molecule has 29 heavy (non-hydrogen) atoms. The van der Waals surface area contributed by atoms with Gasteiger partial charge < -0.3 is 0 Å². The Bertz CT molecular complexity index is 1070. The number of carbonyl (C=O) groups excluding carboxylic acids is 1.